The third-order valence-corrected chi connectivity index (χ3v) is 5.46. The van der Waals surface area contributed by atoms with E-state index in [9.17, 15) is 9.18 Å². The highest BCUT2D eigenvalue weighted by Gasteiger charge is 2.23. The number of hydrogen-bond acceptors (Lipinski definition) is 5. The Bertz CT molecular complexity index is 1240. The van der Waals surface area contributed by atoms with Gasteiger partial charge in [-0.25, -0.2) is 14.2 Å². The van der Waals surface area contributed by atoms with Gasteiger partial charge in [-0.2, -0.15) is 5.10 Å². The number of halogens is 1. The van der Waals surface area contributed by atoms with Crippen LogP contribution in [-0.4, -0.2) is 57.4 Å². The summed E-state index contributed by atoms with van der Waals surface area (Å²) in [6, 6.07) is 10.9. The number of rotatable bonds is 5. The largest absolute Gasteiger partial charge is 0.379 e. The Labute approximate surface area is 183 Å². The second kappa shape index (κ2) is 8.40. The van der Waals surface area contributed by atoms with Crippen LogP contribution in [0.5, 0.6) is 0 Å². The number of aromatic nitrogens is 4. The summed E-state index contributed by atoms with van der Waals surface area (Å²) in [5.41, 5.74) is 9.81. The van der Waals surface area contributed by atoms with Crippen molar-refractivity contribution in [3.63, 3.8) is 0 Å². The molecule has 2 aromatic carbocycles. The van der Waals surface area contributed by atoms with Crippen molar-refractivity contribution in [2.75, 3.05) is 31.2 Å². The molecule has 3 heterocycles. The first kappa shape index (κ1) is 20.2. The van der Waals surface area contributed by atoms with E-state index in [1.165, 1.54) is 40.9 Å². The van der Waals surface area contributed by atoms with E-state index in [4.69, 9.17) is 10.5 Å². The number of amides is 2. The molecule has 32 heavy (non-hydrogen) atoms. The van der Waals surface area contributed by atoms with Gasteiger partial charge < -0.3 is 15.5 Å². The highest BCUT2D eigenvalue weighted by Crippen LogP contribution is 2.33. The summed E-state index contributed by atoms with van der Waals surface area (Å²) in [7, 11) is 0. The van der Waals surface area contributed by atoms with Crippen LogP contribution < -0.4 is 10.6 Å². The van der Waals surface area contributed by atoms with E-state index in [0.717, 1.165) is 43.9 Å². The molecule has 1 saturated heterocycles. The van der Waals surface area contributed by atoms with E-state index in [2.05, 4.69) is 37.2 Å². The number of fused-ring (bicyclic) bond motifs is 1. The van der Waals surface area contributed by atoms with Crippen LogP contribution in [0.15, 0.2) is 48.7 Å². The molecule has 0 unspecified atom stereocenters. The first-order valence-corrected chi connectivity index (χ1v) is 10.3. The zero-order valence-electron chi connectivity index (χ0n) is 17.2. The Morgan fingerprint density at radius 3 is 2.72 bits per heavy atom. The van der Waals surface area contributed by atoms with Crippen LogP contribution in [0.1, 0.15) is 5.56 Å². The number of nitrogens with two attached hydrogens (primary N) is 1. The van der Waals surface area contributed by atoms with E-state index in [-0.39, 0.29) is 0 Å². The highest BCUT2D eigenvalue weighted by molar-refractivity contribution is 6.01. The number of aromatic amines is 2. The Hall–Kier alpha value is -3.76. The molecule has 9 nitrogen and oxygen atoms in total. The number of primary amides is 1. The molecule has 2 aromatic heterocycles. The number of urea groups is 1. The molecule has 0 aliphatic carbocycles. The van der Waals surface area contributed by atoms with Crippen LogP contribution in [0.3, 0.4) is 0 Å². The first-order valence-electron chi connectivity index (χ1n) is 10.3. The van der Waals surface area contributed by atoms with Crippen molar-refractivity contribution in [3.8, 4) is 11.5 Å². The minimum absolute atomic E-state index is 0.407. The standard InChI is InChI=1S/C22H22FN7O2/c23-15-2-4-16(5-3-15)30(22(24)31)19-12-25-28-20(19)21-26-17-6-1-14(11-18(17)27-21)13-29-7-9-32-10-8-29/h1-6,11-12H,7-10,13H2,(H2,24,31)(H,25,28)(H,26,27). The average Bonchev–Trinajstić information content (AvgIpc) is 3.42. The van der Waals surface area contributed by atoms with E-state index < -0.39 is 11.8 Å². The predicted octanol–water partition coefficient (Wildman–Crippen LogP) is 3.14. The minimum atomic E-state index is -0.719. The number of carbonyl (C=O) groups is 1. The molecule has 5 rings (SSSR count). The number of ether oxygens (including phenoxy) is 1. The fourth-order valence-electron chi connectivity index (χ4n) is 3.89. The third kappa shape index (κ3) is 3.93. The lowest BCUT2D eigenvalue weighted by Gasteiger charge is -2.26. The third-order valence-electron chi connectivity index (χ3n) is 5.46. The van der Waals surface area contributed by atoms with Gasteiger partial charge in [0.15, 0.2) is 5.82 Å². The average molecular weight is 435 g/mol. The van der Waals surface area contributed by atoms with Crippen LogP contribution in [0.2, 0.25) is 0 Å². The second-order valence-corrected chi connectivity index (χ2v) is 7.61. The normalized spacial score (nSPS) is 14.7. The van der Waals surface area contributed by atoms with E-state index in [0.29, 0.717) is 22.9 Å². The molecule has 4 N–H and O–H groups in total. The summed E-state index contributed by atoms with van der Waals surface area (Å²) in [5, 5.41) is 6.97. The number of H-pyrrole nitrogens is 2. The molecule has 0 radical (unpaired) electrons. The summed E-state index contributed by atoms with van der Waals surface area (Å²) >= 11 is 0. The number of nitrogens with zero attached hydrogens (tertiary/aromatic N) is 4. The SMILES string of the molecule is NC(=O)N(c1ccc(F)cc1)c1cn[nH]c1-c1nc2ccc(CN3CCOCC3)cc2[nH]1. The first-order chi connectivity index (χ1) is 15.6. The van der Waals surface area contributed by atoms with E-state index in [1.807, 2.05) is 6.07 Å². The zero-order valence-corrected chi connectivity index (χ0v) is 17.2. The van der Waals surface area contributed by atoms with Crippen LogP contribution >= 0.6 is 0 Å². The molecule has 1 aliphatic heterocycles. The fraction of sp³-hybridized carbons (Fsp3) is 0.227. The van der Waals surface area contributed by atoms with Gasteiger partial charge in [0.2, 0.25) is 0 Å². The Morgan fingerprint density at radius 1 is 1.19 bits per heavy atom. The topological polar surface area (TPSA) is 116 Å². The van der Waals surface area contributed by atoms with E-state index >= 15 is 0 Å². The van der Waals surface area contributed by atoms with Crippen LogP contribution in [0.4, 0.5) is 20.6 Å². The minimum Gasteiger partial charge on any atom is -0.379 e. The van der Waals surface area contributed by atoms with Crippen LogP contribution in [-0.2, 0) is 11.3 Å². The molecule has 2 amide bonds. The van der Waals surface area contributed by atoms with Gasteiger partial charge in [-0.3, -0.25) is 14.9 Å². The Kier molecular flexibility index (Phi) is 5.29. The molecule has 164 valence electrons. The fourth-order valence-corrected chi connectivity index (χ4v) is 3.89. The molecule has 10 heteroatoms. The molecular weight excluding hydrogens is 413 g/mol. The van der Waals surface area contributed by atoms with Crippen molar-refractivity contribution in [1.29, 1.82) is 0 Å². The smallest absolute Gasteiger partial charge is 0.324 e. The van der Waals surface area contributed by atoms with Crippen LogP contribution in [0, 0.1) is 5.82 Å². The number of morpholine rings is 1. The maximum absolute atomic E-state index is 13.4. The van der Waals surface area contributed by atoms with Crippen molar-refractivity contribution in [2.45, 2.75) is 6.54 Å². The number of benzene rings is 2. The summed E-state index contributed by atoms with van der Waals surface area (Å²) in [5.74, 6) is 0.111. The monoisotopic (exact) mass is 435 g/mol. The maximum Gasteiger partial charge on any atom is 0.324 e. The lowest BCUT2D eigenvalue weighted by atomic mass is 10.2. The summed E-state index contributed by atoms with van der Waals surface area (Å²) in [4.78, 5) is 23.8. The van der Waals surface area contributed by atoms with Crippen molar-refractivity contribution in [2.24, 2.45) is 5.73 Å². The maximum atomic E-state index is 13.4. The molecule has 0 bridgehead atoms. The molecule has 1 aliphatic rings. The summed E-state index contributed by atoms with van der Waals surface area (Å²) < 4.78 is 18.8. The summed E-state index contributed by atoms with van der Waals surface area (Å²) in [6.45, 7) is 4.17. The number of nitrogens with one attached hydrogen (secondary N) is 2. The Balaban J connectivity index is 1.47. The molecule has 0 atom stereocenters. The van der Waals surface area contributed by atoms with Gasteiger partial charge in [-0.15, -0.1) is 0 Å². The second-order valence-electron chi connectivity index (χ2n) is 7.61. The van der Waals surface area contributed by atoms with Gasteiger partial charge >= 0.3 is 6.03 Å². The van der Waals surface area contributed by atoms with Crippen molar-refractivity contribution < 1.29 is 13.9 Å². The predicted molar refractivity (Wildman–Crippen MR) is 118 cm³/mol. The number of carbonyl (C=O) groups excluding carboxylic acids is 1. The van der Waals surface area contributed by atoms with Gasteiger partial charge in [-0.05, 0) is 42.0 Å². The Morgan fingerprint density at radius 2 is 1.97 bits per heavy atom. The summed E-state index contributed by atoms with van der Waals surface area (Å²) in [6.07, 6.45) is 1.49. The van der Waals surface area contributed by atoms with Crippen molar-refractivity contribution in [3.05, 3.63) is 60.0 Å². The molecule has 1 fully saturated rings. The van der Waals surface area contributed by atoms with Gasteiger partial charge in [0, 0.05) is 19.6 Å². The van der Waals surface area contributed by atoms with Gasteiger partial charge in [0.05, 0.1) is 41.8 Å². The van der Waals surface area contributed by atoms with E-state index in [1.54, 1.807) is 0 Å². The van der Waals surface area contributed by atoms with Crippen molar-refractivity contribution in [1.82, 2.24) is 25.1 Å². The van der Waals surface area contributed by atoms with Gasteiger partial charge in [-0.1, -0.05) is 6.07 Å². The molecule has 4 aromatic rings. The lowest BCUT2D eigenvalue weighted by Crippen LogP contribution is -2.35. The molecule has 0 spiro atoms. The van der Waals surface area contributed by atoms with Crippen LogP contribution in [0.25, 0.3) is 22.6 Å². The van der Waals surface area contributed by atoms with Crippen molar-refractivity contribution >= 4 is 28.4 Å². The van der Waals surface area contributed by atoms with Gasteiger partial charge in [0.25, 0.3) is 0 Å². The highest BCUT2D eigenvalue weighted by atomic mass is 19.1. The number of hydrogen-bond donors (Lipinski definition) is 3. The molecule has 0 saturated carbocycles. The number of imidazole rings is 1. The zero-order chi connectivity index (χ0) is 22.1. The number of anilines is 2. The quantitative estimate of drug-likeness (QED) is 0.445. The van der Waals surface area contributed by atoms with Gasteiger partial charge in [0.1, 0.15) is 11.5 Å². The lowest BCUT2D eigenvalue weighted by molar-refractivity contribution is 0.0342. The molecular formula is C22H22FN7O2.